The summed E-state index contributed by atoms with van der Waals surface area (Å²) in [4.78, 5) is -0.120. The summed E-state index contributed by atoms with van der Waals surface area (Å²) < 4.78 is 35.5. The number of unbranched alkanes of at least 4 members (excludes halogenated alkanes) is 1. The van der Waals surface area contributed by atoms with Crippen molar-refractivity contribution in [2.75, 3.05) is 6.61 Å². The van der Waals surface area contributed by atoms with Gasteiger partial charge in [0.1, 0.15) is 5.75 Å². The predicted octanol–water partition coefficient (Wildman–Crippen LogP) is 1.73. The van der Waals surface area contributed by atoms with Crippen LogP contribution in [-0.4, -0.2) is 49.1 Å². The Bertz CT molecular complexity index is 399. The molecule has 0 spiro atoms. The number of hydrogen-bond acceptors (Lipinski definition) is 3. The maximum absolute atomic E-state index is 10.7. The molecule has 0 aliphatic heterocycles. The number of rotatable bonds is 5. The second-order valence-electron chi connectivity index (χ2n) is 3.15. The molecular formula is C10H14NaO4S. The first-order valence-corrected chi connectivity index (χ1v) is 6.18. The molecule has 0 saturated carbocycles. The summed E-state index contributed by atoms with van der Waals surface area (Å²) in [6.07, 6.45) is 2.00. The molecule has 16 heavy (non-hydrogen) atoms. The molecule has 0 aliphatic rings. The summed E-state index contributed by atoms with van der Waals surface area (Å²) in [5.74, 6) is 0.607. The Morgan fingerprint density at radius 2 is 1.81 bits per heavy atom. The van der Waals surface area contributed by atoms with Crippen LogP contribution in [0.1, 0.15) is 19.8 Å². The molecule has 4 nitrogen and oxygen atoms in total. The summed E-state index contributed by atoms with van der Waals surface area (Å²) in [6, 6.07) is 5.69. The van der Waals surface area contributed by atoms with Gasteiger partial charge in [0, 0.05) is 29.6 Å². The van der Waals surface area contributed by atoms with Crippen LogP contribution in [0.25, 0.3) is 0 Å². The third-order valence-corrected chi connectivity index (χ3v) is 2.76. The first-order valence-electron chi connectivity index (χ1n) is 4.74. The number of ether oxygens (including phenoxy) is 1. The fraction of sp³-hybridized carbons (Fsp3) is 0.400. The zero-order valence-corrected chi connectivity index (χ0v) is 12.3. The van der Waals surface area contributed by atoms with Crippen molar-refractivity contribution in [3.63, 3.8) is 0 Å². The van der Waals surface area contributed by atoms with Gasteiger partial charge in [0.25, 0.3) is 10.1 Å². The van der Waals surface area contributed by atoms with E-state index in [1.54, 1.807) is 0 Å². The van der Waals surface area contributed by atoms with Crippen molar-refractivity contribution < 1.29 is 17.7 Å². The third kappa shape index (κ3) is 5.32. The van der Waals surface area contributed by atoms with E-state index in [4.69, 9.17) is 9.29 Å². The van der Waals surface area contributed by atoms with E-state index < -0.39 is 10.1 Å². The van der Waals surface area contributed by atoms with Gasteiger partial charge < -0.3 is 4.74 Å². The van der Waals surface area contributed by atoms with Crippen molar-refractivity contribution in [1.29, 1.82) is 0 Å². The van der Waals surface area contributed by atoms with Crippen molar-refractivity contribution in [3.8, 4) is 5.75 Å². The van der Waals surface area contributed by atoms with Gasteiger partial charge in [0.2, 0.25) is 0 Å². The first-order chi connectivity index (χ1) is 7.04. The molecule has 1 aromatic rings. The van der Waals surface area contributed by atoms with Crippen molar-refractivity contribution in [3.05, 3.63) is 24.3 Å². The van der Waals surface area contributed by atoms with Crippen LogP contribution in [0.2, 0.25) is 0 Å². The molecule has 0 atom stereocenters. The first kappa shape index (κ1) is 15.9. The molecule has 0 fully saturated rings. The Kier molecular flexibility index (Phi) is 7.26. The molecule has 0 aliphatic carbocycles. The molecule has 0 aromatic heterocycles. The minimum absolute atomic E-state index is 0. The van der Waals surface area contributed by atoms with E-state index in [0.717, 1.165) is 12.8 Å². The van der Waals surface area contributed by atoms with Gasteiger partial charge >= 0.3 is 0 Å². The summed E-state index contributed by atoms with van der Waals surface area (Å²) in [5.41, 5.74) is 0. The molecule has 1 rings (SSSR count). The monoisotopic (exact) mass is 253 g/mol. The summed E-state index contributed by atoms with van der Waals surface area (Å²) in [7, 11) is -4.10. The van der Waals surface area contributed by atoms with Gasteiger partial charge in [0.15, 0.2) is 0 Å². The molecule has 0 heterocycles. The zero-order valence-electron chi connectivity index (χ0n) is 9.51. The standard InChI is InChI=1S/C10H14O4S.Na/c1-2-3-8-14-9-4-6-10(7-5-9)15(11,12)13;/h4-7H,2-3,8H2,1H3,(H,11,12,13);. The van der Waals surface area contributed by atoms with Crippen LogP contribution in [0.5, 0.6) is 5.75 Å². The van der Waals surface area contributed by atoms with E-state index >= 15 is 0 Å². The van der Waals surface area contributed by atoms with E-state index in [-0.39, 0.29) is 34.5 Å². The Balaban J connectivity index is 0.00000225. The van der Waals surface area contributed by atoms with Gasteiger partial charge in [0.05, 0.1) is 11.5 Å². The van der Waals surface area contributed by atoms with Gasteiger partial charge in [-0.15, -0.1) is 0 Å². The normalized spacial score (nSPS) is 10.6. The molecular weight excluding hydrogens is 239 g/mol. The Morgan fingerprint density at radius 3 is 2.25 bits per heavy atom. The van der Waals surface area contributed by atoms with E-state index in [9.17, 15) is 8.42 Å². The van der Waals surface area contributed by atoms with Crippen LogP contribution in [-0.2, 0) is 10.1 Å². The fourth-order valence-corrected chi connectivity index (χ4v) is 1.52. The minimum atomic E-state index is -4.10. The second-order valence-corrected chi connectivity index (χ2v) is 4.57. The van der Waals surface area contributed by atoms with E-state index in [2.05, 4.69) is 6.92 Å². The minimum Gasteiger partial charge on any atom is -0.494 e. The molecule has 0 bridgehead atoms. The third-order valence-electron chi connectivity index (χ3n) is 1.89. The van der Waals surface area contributed by atoms with Gasteiger partial charge in [-0.3, -0.25) is 4.55 Å². The Labute approximate surface area is 118 Å². The molecule has 0 unspecified atom stereocenters. The van der Waals surface area contributed by atoms with E-state index in [0.29, 0.717) is 12.4 Å². The van der Waals surface area contributed by atoms with Crippen LogP contribution in [0.4, 0.5) is 0 Å². The van der Waals surface area contributed by atoms with E-state index in [1.165, 1.54) is 24.3 Å². The topological polar surface area (TPSA) is 63.6 Å². The average Bonchev–Trinajstić information content (AvgIpc) is 2.18. The summed E-state index contributed by atoms with van der Waals surface area (Å²) >= 11 is 0. The Morgan fingerprint density at radius 1 is 1.25 bits per heavy atom. The number of hydrogen-bond donors (Lipinski definition) is 1. The second kappa shape index (κ2) is 7.29. The molecule has 1 radical (unpaired) electrons. The van der Waals surface area contributed by atoms with Crippen LogP contribution < -0.4 is 4.74 Å². The van der Waals surface area contributed by atoms with Gasteiger partial charge in [-0.05, 0) is 30.7 Å². The fourth-order valence-electron chi connectivity index (χ4n) is 1.04. The molecule has 0 saturated heterocycles. The smallest absolute Gasteiger partial charge is 0.294 e. The largest absolute Gasteiger partial charge is 0.494 e. The van der Waals surface area contributed by atoms with Crippen molar-refractivity contribution in [2.24, 2.45) is 0 Å². The average molecular weight is 253 g/mol. The SMILES string of the molecule is CCCCOc1ccc(S(=O)(=O)O)cc1.[Na]. The van der Waals surface area contributed by atoms with E-state index in [1.807, 2.05) is 0 Å². The summed E-state index contributed by atoms with van der Waals surface area (Å²) in [6.45, 7) is 2.67. The van der Waals surface area contributed by atoms with Crippen LogP contribution in [0.15, 0.2) is 29.2 Å². The molecule has 1 N–H and O–H groups in total. The van der Waals surface area contributed by atoms with Crippen molar-refractivity contribution in [1.82, 2.24) is 0 Å². The number of benzene rings is 1. The van der Waals surface area contributed by atoms with Crippen LogP contribution in [0, 0.1) is 0 Å². The molecule has 6 heteroatoms. The van der Waals surface area contributed by atoms with Crippen LogP contribution >= 0.6 is 0 Å². The summed E-state index contributed by atoms with van der Waals surface area (Å²) in [5, 5.41) is 0. The molecule has 85 valence electrons. The van der Waals surface area contributed by atoms with Gasteiger partial charge in [-0.25, -0.2) is 0 Å². The van der Waals surface area contributed by atoms with Crippen molar-refractivity contribution >= 4 is 39.7 Å². The molecule has 0 amide bonds. The van der Waals surface area contributed by atoms with Crippen molar-refractivity contribution in [2.45, 2.75) is 24.7 Å². The maximum atomic E-state index is 10.7. The van der Waals surface area contributed by atoms with Gasteiger partial charge in [-0.2, -0.15) is 8.42 Å². The Hall–Kier alpha value is -0.0700. The molecule has 1 aromatic carbocycles. The predicted molar refractivity (Wildman–Crippen MR) is 62.4 cm³/mol. The zero-order chi connectivity index (χ0) is 11.3. The van der Waals surface area contributed by atoms with Crippen LogP contribution in [0.3, 0.4) is 0 Å². The van der Waals surface area contributed by atoms with Gasteiger partial charge in [-0.1, -0.05) is 13.3 Å². The maximum Gasteiger partial charge on any atom is 0.294 e. The quantitative estimate of drug-likeness (QED) is 0.493.